The van der Waals surface area contributed by atoms with Gasteiger partial charge in [0.1, 0.15) is 5.65 Å². The summed E-state index contributed by atoms with van der Waals surface area (Å²) in [5.41, 5.74) is 2.15. The van der Waals surface area contributed by atoms with Crippen LogP contribution in [0.5, 0.6) is 0 Å². The Balaban J connectivity index is 1.84. The number of amides is 1. The van der Waals surface area contributed by atoms with Gasteiger partial charge < -0.3 is 5.32 Å². The highest BCUT2D eigenvalue weighted by Crippen LogP contribution is 2.21. The van der Waals surface area contributed by atoms with E-state index >= 15 is 0 Å². The van der Waals surface area contributed by atoms with Gasteiger partial charge in [-0.2, -0.15) is 0 Å². The van der Waals surface area contributed by atoms with E-state index in [2.05, 4.69) is 10.3 Å². The van der Waals surface area contributed by atoms with Crippen molar-refractivity contribution in [3.8, 4) is 0 Å². The number of fused-ring (bicyclic) bond motifs is 1. The number of aromatic nitrogens is 3. The molecule has 0 radical (unpaired) electrons. The minimum absolute atomic E-state index is 0.0548. The van der Waals surface area contributed by atoms with Crippen molar-refractivity contribution in [2.75, 3.05) is 0 Å². The van der Waals surface area contributed by atoms with E-state index < -0.39 is 0 Å². The lowest BCUT2D eigenvalue weighted by Gasteiger charge is -2.17. The molecule has 0 saturated heterocycles. The van der Waals surface area contributed by atoms with Gasteiger partial charge in [-0.25, -0.2) is 9.78 Å². The molecule has 28 heavy (non-hydrogen) atoms. The summed E-state index contributed by atoms with van der Waals surface area (Å²) in [4.78, 5) is 41.8. The quantitative estimate of drug-likeness (QED) is 0.815. The van der Waals surface area contributed by atoms with Gasteiger partial charge in [-0.3, -0.25) is 18.7 Å². The molecule has 2 heterocycles. The Hall–Kier alpha value is -2.44. The summed E-state index contributed by atoms with van der Waals surface area (Å²) < 4.78 is 2.51. The fraction of sp³-hybridized carbons (Fsp3) is 0.619. The van der Waals surface area contributed by atoms with Crippen molar-refractivity contribution >= 4 is 16.9 Å². The molecule has 1 amide bonds. The minimum atomic E-state index is -0.390. The molecule has 152 valence electrons. The maximum absolute atomic E-state index is 12.6. The van der Waals surface area contributed by atoms with Gasteiger partial charge >= 0.3 is 5.69 Å². The van der Waals surface area contributed by atoms with Crippen LogP contribution in [0.3, 0.4) is 0 Å². The van der Waals surface area contributed by atoms with Crippen LogP contribution < -0.4 is 16.6 Å². The topological polar surface area (TPSA) is 86.0 Å². The molecular weight excluding hydrogens is 356 g/mol. The molecule has 0 bridgehead atoms. The van der Waals surface area contributed by atoms with Gasteiger partial charge in [0.2, 0.25) is 5.91 Å². The molecule has 0 unspecified atom stereocenters. The number of pyridine rings is 1. The molecule has 7 nitrogen and oxygen atoms in total. The molecular formula is C21H30N4O3. The average Bonchev–Trinajstić information content (AvgIpc) is 2.92. The number of nitrogens with one attached hydrogen (secondary N) is 1. The zero-order valence-electron chi connectivity index (χ0n) is 17.3. The van der Waals surface area contributed by atoms with Crippen LogP contribution in [0.2, 0.25) is 0 Å². The van der Waals surface area contributed by atoms with Crippen molar-refractivity contribution in [2.24, 2.45) is 14.1 Å². The number of carbonyl (C=O) groups is 1. The molecule has 1 fully saturated rings. The Morgan fingerprint density at radius 1 is 1.07 bits per heavy atom. The SMILES string of the molecule is Cc1nc2c(c(C)c1CCC(=O)NC1CCCCCC1)c(=O)n(C)c(=O)n2C. The molecule has 3 rings (SSSR count). The Bertz CT molecular complexity index is 1010. The molecule has 0 atom stereocenters. The lowest BCUT2D eigenvalue weighted by atomic mass is 9.99. The normalized spacial score (nSPS) is 15.6. The monoisotopic (exact) mass is 386 g/mol. The highest BCUT2D eigenvalue weighted by atomic mass is 16.2. The van der Waals surface area contributed by atoms with E-state index in [1.165, 1.54) is 37.3 Å². The van der Waals surface area contributed by atoms with Crippen molar-refractivity contribution < 1.29 is 4.79 Å². The van der Waals surface area contributed by atoms with E-state index in [0.29, 0.717) is 23.9 Å². The fourth-order valence-electron chi connectivity index (χ4n) is 4.27. The van der Waals surface area contributed by atoms with Gasteiger partial charge in [-0.05, 0) is 44.2 Å². The summed E-state index contributed by atoms with van der Waals surface area (Å²) in [6, 6.07) is 0.286. The highest BCUT2D eigenvalue weighted by Gasteiger charge is 2.19. The second-order valence-corrected chi connectivity index (χ2v) is 7.96. The van der Waals surface area contributed by atoms with Gasteiger partial charge in [0, 0.05) is 32.3 Å². The van der Waals surface area contributed by atoms with Crippen LogP contribution in [-0.2, 0) is 25.3 Å². The predicted molar refractivity (Wildman–Crippen MR) is 110 cm³/mol. The van der Waals surface area contributed by atoms with Gasteiger partial charge in [0.15, 0.2) is 0 Å². The maximum Gasteiger partial charge on any atom is 0.332 e. The summed E-state index contributed by atoms with van der Waals surface area (Å²) >= 11 is 0. The predicted octanol–water partition coefficient (Wildman–Crippen LogP) is 2.02. The van der Waals surface area contributed by atoms with E-state index in [-0.39, 0.29) is 23.2 Å². The Morgan fingerprint density at radius 2 is 1.71 bits per heavy atom. The van der Waals surface area contributed by atoms with Gasteiger partial charge in [-0.15, -0.1) is 0 Å². The third kappa shape index (κ3) is 3.88. The number of nitrogens with zero attached hydrogens (tertiary/aromatic N) is 3. The number of carbonyl (C=O) groups excluding carboxylic acids is 1. The molecule has 0 spiro atoms. The third-order valence-corrected chi connectivity index (χ3v) is 5.99. The molecule has 2 aromatic rings. The molecule has 1 aliphatic rings. The summed E-state index contributed by atoms with van der Waals surface area (Å²) in [5, 5.41) is 3.62. The van der Waals surface area contributed by atoms with Crippen LogP contribution in [-0.4, -0.2) is 26.1 Å². The van der Waals surface area contributed by atoms with Gasteiger partial charge in [0.05, 0.1) is 5.39 Å². The largest absolute Gasteiger partial charge is 0.353 e. The number of hydrogen-bond acceptors (Lipinski definition) is 4. The van der Waals surface area contributed by atoms with Crippen LogP contribution in [0.15, 0.2) is 9.59 Å². The number of rotatable bonds is 4. The first-order valence-corrected chi connectivity index (χ1v) is 10.2. The van der Waals surface area contributed by atoms with Crippen molar-refractivity contribution in [1.29, 1.82) is 0 Å². The molecule has 1 N–H and O–H groups in total. The highest BCUT2D eigenvalue weighted by molar-refractivity contribution is 5.80. The molecule has 1 aliphatic carbocycles. The molecule has 7 heteroatoms. The molecule has 0 aromatic carbocycles. The van der Waals surface area contributed by atoms with Crippen LogP contribution >= 0.6 is 0 Å². The van der Waals surface area contributed by atoms with Gasteiger partial charge in [-0.1, -0.05) is 25.7 Å². The zero-order valence-corrected chi connectivity index (χ0v) is 17.3. The van der Waals surface area contributed by atoms with E-state index in [0.717, 1.165) is 34.2 Å². The maximum atomic E-state index is 12.6. The summed E-state index contributed by atoms with van der Waals surface area (Å²) in [6.45, 7) is 3.74. The second-order valence-electron chi connectivity index (χ2n) is 7.96. The van der Waals surface area contributed by atoms with Crippen molar-refractivity contribution in [3.63, 3.8) is 0 Å². The Morgan fingerprint density at radius 3 is 2.36 bits per heavy atom. The van der Waals surface area contributed by atoms with E-state index in [1.54, 1.807) is 7.05 Å². The summed E-state index contributed by atoms with van der Waals surface area (Å²) in [7, 11) is 3.10. The first-order chi connectivity index (χ1) is 13.3. The third-order valence-electron chi connectivity index (χ3n) is 5.99. The van der Waals surface area contributed by atoms with E-state index in [4.69, 9.17) is 0 Å². The average molecular weight is 386 g/mol. The zero-order chi connectivity index (χ0) is 20.4. The summed E-state index contributed by atoms with van der Waals surface area (Å²) in [5.74, 6) is 0.0548. The lowest BCUT2D eigenvalue weighted by Crippen LogP contribution is -2.38. The Labute approximate surface area is 164 Å². The fourth-order valence-corrected chi connectivity index (χ4v) is 4.27. The Kier molecular flexibility index (Phi) is 6.01. The van der Waals surface area contributed by atoms with E-state index in [9.17, 15) is 14.4 Å². The van der Waals surface area contributed by atoms with Crippen LogP contribution in [0, 0.1) is 13.8 Å². The van der Waals surface area contributed by atoms with Crippen molar-refractivity contribution in [2.45, 2.75) is 71.3 Å². The van der Waals surface area contributed by atoms with Crippen LogP contribution in [0.4, 0.5) is 0 Å². The minimum Gasteiger partial charge on any atom is -0.353 e. The van der Waals surface area contributed by atoms with Crippen molar-refractivity contribution in [1.82, 2.24) is 19.4 Å². The van der Waals surface area contributed by atoms with Crippen molar-refractivity contribution in [3.05, 3.63) is 37.7 Å². The standard InChI is InChI=1S/C21H30N4O3/c1-13-16(11-12-17(26)23-15-9-7-5-6-8-10-15)14(2)22-19-18(13)20(27)25(4)21(28)24(19)3/h15H,5-12H2,1-4H3,(H,23,26). The lowest BCUT2D eigenvalue weighted by molar-refractivity contribution is -0.121. The number of aryl methyl sites for hydroxylation is 3. The van der Waals surface area contributed by atoms with Crippen LogP contribution in [0.25, 0.3) is 11.0 Å². The first kappa shape index (κ1) is 20.3. The second kappa shape index (κ2) is 8.29. The molecule has 0 aliphatic heterocycles. The van der Waals surface area contributed by atoms with E-state index in [1.807, 2.05) is 13.8 Å². The summed E-state index contributed by atoms with van der Waals surface area (Å²) in [6.07, 6.45) is 7.90. The number of hydrogen-bond donors (Lipinski definition) is 1. The van der Waals surface area contributed by atoms with Crippen LogP contribution in [0.1, 0.15) is 61.8 Å². The smallest absolute Gasteiger partial charge is 0.332 e. The first-order valence-electron chi connectivity index (χ1n) is 10.2. The molecule has 2 aromatic heterocycles. The molecule has 1 saturated carbocycles. The van der Waals surface area contributed by atoms with Gasteiger partial charge in [0.25, 0.3) is 5.56 Å².